The van der Waals surface area contributed by atoms with Crippen LogP contribution >= 0.6 is 11.3 Å². The van der Waals surface area contributed by atoms with Crippen LogP contribution in [0.5, 0.6) is 0 Å². The zero-order valence-electron chi connectivity index (χ0n) is 10.1. The van der Waals surface area contributed by atoms with Gasteiger partial charge in [0.2, 0.25) is 4.96 Å². The highest BCUT2D eigenvalue weighted by Crippen LogP contribution is 2.20. The van der Waals surface area contributed by atoms with Crippen LogP contribution < -0.4 is 0 Å². The minimum Gasteiger partial charge on any atom is -0.221 e. The maximum absolute atomic E-state index is 12.8. The molecular weight excluding hydrogens is 263 g/mol. The Kier molecular flexibility index (Phi) is 2.76. The molecule has 0 bridgehead atoms. The molecule has 0 aliphatic heterocycles. The van der Waals surface area contributed by atoms with Crippen LogP contribution in [-0.4, -0.2) is 14.6 Å². The Morgan fingerprint density at radius 3 is 2.79 bits per heavy atom. The van der Waals surface area contributed by atoms with E-state index in [1.165, 1.54) is 23.5 Å². The molecule has 6 heteroatoms. The maximum Gasteiger partial charge on any atom is 0.213 e. The van der Waals surface area contributed by atoms with E-state index in [9.17, 15) is 4.39 Å². The summed E-state index contributed by atoms with van der Waals surface area (Å²) in [5.41, 5.74) is 2.14. The van der Waals surface area contributed by atoms with Crippen molar-refractivity contribution in [3.63, 3.8) is 0 Å². The number of nitriles is 1. The van der Waals surface area contributed by atoms with Gasteiger partial charge < -0.3 is 0 Å². The SMILES string of the molecule is Cc1nc2sc(Cc3ccc(F)cc3)nn2c1C#N. The van der Waals surface area contributed by atoms with Crippen molar-refractivity contribution >= 4 is 16.3 Å². The molecule has 0 atom stereocenters. The fraction of sp³-hybridized carbons (Fsp3) is 0.154. The minimum atomic E-state index is -0.250. The fourth-order valence-electron chi connectivity index (χ4n) is 1.87. The molecule has 0 N–H and O–H groups in total. The van der Waals surface area contributed by atoms with Crippen molar-refractivity contribution in [2.24, 2.45) is 0 Å². The van der Waals surface area contributed by atoms with E-state index in [0.29, 0.717) is 22.8 Å². The predicted molar refractivity (Wildman–Crippen MR) is 69.5 cm³/mol. The molecule has 19 heavy (non-hydrogen) atoms. The van der Waals surface area contributed by atoms with Gasteiger partial charge in [0.1, 0.15) is 16.9 Å². The minimum absolute atomic E-state index is 0.250. The van der Waals surface area contributed by atoms with Gasteiger partial charge in [-0.25, -0.2) is 9.37 Å². The summed E-state index contributed by atoms with van der Waals surface area (Å²) >= 11 is 1.44. The molecule has 0 fully saturated rings. The van der Waals surface area contributed by atoms with Gasteiger partial charge in [0.05, 0.1) is 5.69 Å². The average molecular weight is 272 g/mol. The molecule has 0 saturated carbocycles. The summed E-state index contributed by atoms with van der Waals surface area (Å²) in [4.78, 5) is 5.01. The van der Waals surface area contributed by atoms with Crippen LogP contribution in [0.2, 0.25) is 0 Å². The van der Waals surface area contributed by atoms with Crippen LogP contribution in [-0.2, 0) is 6.42 Å². The third-order valence-electron chi connectivity index (χ3n) is 2.79. The molecular formula is C13H9FN4S. The molecule has 94 valence electrons. The molecule has 0 aliphatic rings. The van der Waals surface area contributed by atoms with Crippen molar-refractivity contribution in [2.45, 2.75) is 13.3 Å². The number of aryl methyl sites for hydroxylation is 1. The first-order valence-electron chi connectivity index (χ1n) is 5.67. The van der Waals surface area contributed by atoms with Crippen molar-refractivity contribution in [3.8, 4) is 6.07 Å². The van der Waals surface area contributed by atoms with E-state index in [4.69, 9.17) is 5.26 Å². The second-order valence-electron chi connectivity index (χ2n) is 4.15. The molecule has 4 nitrogen and oxygen atoms in total. The molecule has 2 aromatic heterocycles. The standard InChI is InChI=1S/C13H9FN4S/c1-8-11(7-15)18-13(16-8)19-12(17-18)6-9-2-4-10(14)5-3-9/h2-5H,6H2,1H3. The van der Waals surface area contributed by atoms with Crippen LogP contribution in [0.3, 0.4) is 0 Å². The van der Waals surface area contributed by atoms with Gasteiger partial charge in [-0.2, -0.15) is 14.9 Å². The average Bonchev–Trinajstić information content (AvgIpc) is 2.88. The van der Waals surface area contributed by atoms with Gasteiger partial charge in [0, 0.05) is 6.42 Å². The first-order chi connectivity index (χ1) is 9.17. The largest absolute Gasteiger partial charge is 0.221 e. The summed E-state index contributed by atoms with van der Waals surface area (Å²) in [5.74, 6) is -0.250. The van der Waals surface area contributed by atoms with Gasteiger partial charge in [-0.1, -0.05) is 23.5 Å². The molecule has 2 heterocycles. The quantitative estimate of drug-likeness (QED) is 0.720. The number of benzene rings is 1. The first-order valence-corrected chi connectivity index (χ1v) is 6.48. The Labute approximate surface area is 112 Å². The van der Waals surface area contributed by atoms with E-state index >= 15 is 0 Å². The van der Waals surface area contributed by atoms with E-state index in [-0.39, 0.29) is 5.82 Å². The maximum atomic E-state index is 12.8. The van der Waals surface area contributed by atoms with Crippen LogP contribution in [0, 0.1) is 24.1 Å². The van der Waals surface area contributed by atoms with Crippen molar-refractivity contribution in [1.29, 1.82) is 5.26 Å². The van der Waals surface area contributed by atoms with Crippen LogP contribution in [0.1, 0.15) is 22.0 Å². The van der Waals surface area contributed by atoms with E-state index in [1.54, 1.807) is 23.6 Å². The number of hydrogen-bond donors (Lipinski definition) is 0. The van der Waals surface area contributed by atoms with Gasteiger partial charge in [-0.05, 0) is 24.6 Å². The summed E-state index contributed by atoms with van der Waals surface area (Å²) in [6.07, 6.45) is 0.609. The normalized spacial score (nSPS) is 10.8. The summed E-state index contributed by atoms with van der Waals surface area (Å²) in [6, 6.07) is 8.42. The Bertz CT molecular complexity index is 779. The monoisotopic (exact) mass is 272 g/mol. The summed E-state index contributed by atoms with van der Waals surface area (Å²) in [7, 11) is 0. The number of imidazole rings is 1. The van der Waals surface area contributed by atoms with Crippen LogP contribution in [0.15, 0.2) is 24.3 Å². The predicted octanol–water partition coefficient (Wildman–Crippen LogP) is 2.70. The highest BCUT2D eigenvalue weighted by Gasteiger charge is 2.13. The van der Waals surface area contributed by atoms with E-state index in [2.05, 4.69) is 16.2 Å². The third kappa shape index (κ3) is 2.09. The first kappa shape index (κ1) is 11.8. The van der Waals surface area contributed by atoms with Gasteiger partial charge in [0.15, 0.2) is 5.69 Å². The van der Waals surface area contributed by atoms with Gasteiger partial charge in [-0.15, -0.1) is 0 Å². The fourth-order valence-corrected chi connectivity index (χ4v) is 2.84. The molecule has 0 unspecified atom stereocenters. The Morgan fingerprint density at radius 2 is 2.11 bits per heavy atom. The highest BCUT2D eigenvalue weighted by molar-refractivity contribution is 7.16. The lowest BCUT2D eigenvalue weighted by molar-refractivity contribution is 0.627. The smallest absolute Gasteiger partial charge is 0.213 e. The molecule has 1 aromatic carbocycles. The summed E-state index contributed by atoms with van der Waals surface area (Å²) < 4.78 is 14.4. The van der Waals surface area contributed by atoms with E-state index in [1.807, 2.05) is 0 Å². The summed E-state index contributed by atoms with van der Waals surface area (Å²) in [6.45, 7) is 1.79. The Balaban J connectivity index is 1.96. The Morgan fingerprint density at radius 1 is 1.37 bits per heavy atom. The van der Waals surface area contributed by atoms with Gasteiger partial charge in [-0.3, -0.25) is 0 Å². The van der Waals surface area contributed by atoms with Gasteiger partial charge >= 0.3 is 0 Å². The molecule has 3 rings (SSSR count). The van der Waals surface area contributed by atoms with E-state index < -0.39 is 0 Å². The Hall–Kier alpha value is -2.26. The number of hydrogen-bond acceptors (Lipinski definition) is 4. The molecule has 0 aliphatic carbocycles. The molecule has 0 saturated heterocycles. The zero-order valence-corrected chi connectivity index (χ0v) is 10.9. The number of nitrogens with zero attached hydrogens (tertiary/aromatic N) is 4. The summed E-state index contributed by atoms with van der Waals surface area (Å²) in [5, 5.41) is 14.3. The van der Waals surface area contributed by atoms with E-state index in [0.717, 1.165) is 10.6 Å². The highest BCUT2D eigenvalue weighted by atomic mass is 32.1. The van der Waals surface area contributed by atoms with Crippen molar-refractivity contribution in [3.05, 3.63) is 52.0 Å². The lowest BCUT2D eigenvalue weighted by Crippen LogP contribution is -1.93. The van der Waals surface area contributed by atoms with Crippen LogP contribution in [0.4, 0.5) is 4.39 Å². The zero-order chi connectivity index (χ0) is 13.4. The number of aromatic nitrogens is 3. The molecule has 0 radical (unpaired) electrons. The lowest BCUT2D eigenvalue weighted by atomic mass is 10.2. The molecule has 0 amide bonds. The second kappa shape index (κ2) is 4.44. The van der Waals surface area contributed by atoms with Crippen LogP contribution in [0.25, 0.3) is 4.96 Å². The topological polar surface area (TPSA) is 54.0 Å². The van der Waals surface area contributed by atoms with Gasteiger partial charge in [0.25, 0.3) is 0 Å². The van der Waals surface area contributed by atoms with Crippen molar-refractivity contribution < 1.29 is 4.39 Å². The number of fused-ring (bicyclic) bond motifs is 1. The molecule has 3 aromatic rings. The molecule has 0 spiro atoms. The second-order valence-corrected chi connectivity index (χ2v) is 5.19. The number of halogens is 1. The van der Waals surface area contributed by atoms with Crippen molar-refractivity contribution in [2.75, 3.05) is 0 Å². The lowest BCUT2D eigenvalue weighted by Gasteiger charge is -1.96. The number of rotatable bonds is 2. The third-order valence-corrected chi connectivity index (χ3v) is 3.70. The van der Waals surface area contributed by atoms with Crippen molar-refractivity contribution in [1.82, 2.24) is 14.6 Å².